The molecule has 0 saturated carbocycles. The summed E-state index contributed by atoms with van der Waals surface area (Å²) in [7, 11) is 0. The number of benzene rings is 1. The van der Waals surface area contributed by atoms with Crippen LogP contribution in [-0.4, -0.2) is 23.0 Å². The number of hydrogen-bond donors (Lipinski definition) is 0. The molecule has 0 N–H and O–H groups in total. The number of thiazole rings is 1. The Labute approximate surface area is 136 Å². The first kappa shape index (κ1) is 16.3. The summed E-state index contributed by atoms with van der Waals surface area (Å²) < 4.78 is 0. The van der Waals surface area contributed by atoms with E-state index < -0.39 is 4.92 Å². The number of hydrogen-bond acceptors (Lipinski definition) is 7. The lowest BCUT2D eigenvalue weighted by atomic mass is 10.2. The predicted octanol–water partition coefficient (Wildman–Crippen LogP) is 4.97. The van der Waals surface area contributed by atoms with Crippen LogP contribution in [0.1, 0.15) is 13.8 Å². The van der Waals surface area contributed by atoms with E-state index in [1.165, 1.54) is 0 Å². The van der Waals surface area contributed by atoms with Gasteiger partial charge in [-0.2, -0.15) is 0 Å². The molecule has 0 amide bonds. The molecular weight excluding hydrogens is 326 g/mol. The molecule has 7 nitrogen and oxygen atoms in total. The summed E-state index contributed by atoms with van der Waals surface area (Å²) in [6, 6.07) is 5.51. The summed E-state index contributed by atoms with van der Waals surface area (Å²) >= 11 is 7.06. The van der Waals surface area contributed by atoms with Crippen molar-refractivity contribution < 1.29 is 4.92 Å². The number of anilines is 1. The molecule has 0 aliphatic carbocycles. The van der Waals surface area contributed by atoms with E-state index in [1.54, 1.807) is 6.07 Å². The number of nitro groups is 1. The first-order chi connectivity index (χ1) is 10.5. The summed E-state index contributed by atoms with van der Waals surface area (Å²) in [5, 5.41) is 19.1. The highest BCUT2D eigenvalue weighted by molar-refractivity contribution is 7.18. The van der Waals surface area contributed by atoms with Gasteiger partial charge in [-0.05, 0) is 43.4 Å². The minimum atomic E-state index is -0.511. The van der Waals surface area contributed by atoms with Gasteiger partial charge in [-0.1, -0.05) is 11.6 Å². The number of halogens is 1. The molecule has 22 heavy (non-hydrogen) atoms. The van der Waals surface area contributed by atoms with Gasteiger partial charge in [0.2, 0.25) is 5.13 Å². The zero-order chi connectivity index (χ0) is 16.1. The Bertz CT molecular complexity index is 699. The van der Waals surface area contributed by atoms with Crippen molar-refractivity contribution in [2.45, 2.75) is 13.8 Å². The van der Waals surface area contributed by atoms with E-state index in [0.717, 1.165) is 36.3 Å². The molecule has 2 rings (SSSR count). The fourth-order valence-electron chi connectivity index (χ4n) is 1.85. The zero-order valence-corrected chi connectivity index (χ0v) is 13.6. The van der Waals surface area contributed by atoms with Gasteiger partial charge in [-0.3, -0.25) is 10.1 Å². The van der Waals surface area contributed by atoms with E-state index >= 15 is 0 Å². The minimum absolute atomic E-state index is 0.0723. The first-order valence-corrected chi connectivity index (χ1v) is 7.81. The van der Waals surface area contributed by atoms with E-state index in [0.29, 0.717) is 10.7 Å². The van der Waals surface area contributed by atoms with E-state index in [-0.39, 0.29) is 10.1 Å². The van der Waals surface area contributed by atoms with Crippen molar-refractivity contribution in [3.63, 3.8) is 0 Å². The summed E-state index contributed by atoms with van der Waals surface area (Å²) in [5.74, 6) is 0. The van der Waals surface area contributed by atoms with Gasteiger partial charge in [0.15, 0.2) is 0 Å². The smallest absolute Gasteiger partial charge is 0.345 e. The van der Waals surface area contributed by atoms with Crippen LogP contribution in [0.3, 0.4) is 0 Å². The van der Waals surface area contributed by atoms with Gasteiger partial charge in [0, 0.05) is 18.8 Å². The van der Waals surface area contributed by atoms with Crippen LogP contribution in [0, 0.1) is 10.1 Å². The molecule has 0 atom stereocenters. The number of rotatable bonds is 6. The standard InChI is InChI=1S/C13H14ClN5O2S/c1-3-18(4-2)9-5-6-11(10(14)7-9)16-17-13-15-8-12(22-13)19(20)21/h5-8H,3-4H2,1-2H3. The molecule has 0 spiro atoms. The van der Waals surface area contributed by atoms with Crippen LogP contribution < -0.4 is 4.90 Å². The van der Waals surface area contributed by atoms with Gasteiger partial charge < -0.3 is 4.90 Å². The van der Waals surface area contributed by atoms with Crippen molar-refractivity contribution in [2.24, 2.45) is 10.2 Å². The summed E-state index contributed by atoms with van der Waals surface area (Å²) in [6.45, 7) is 5.91. The van der Waals surface area contributed by atoms with Crippen LogP contribution in [0.4, 0.5) is 21.5 Å². The molecule has 0 radical (unpaired) electrons. The normalized spacial score (nSPS) is 11.0. The second-order valence-electron chi connectivity index (χ2n) is 4.25. The molecule has 1 heterocycles. The van der Waals surface area contributed by atoms with Gasteiger partial charge >= 0.3 is 5.00 Å². The van der Waals surface area contributed by atoms with Crippen molar-refractivity contribution in [1.82, 2.24) is 4.98 Å². The van der Waals surface area contributed by atoms with E-state index in [1.807, 2.05) is 12.1 Å². The zero-order valence-electron chi connectivity index (χ0n) is 12.1. The molecule has 2 aromatic rings. The lowest BCUT2D eigenvalue weighted by Crippen LogP contribution is -2.21. The molecule has 0 unspecified atom stereocenters. The highest BCUT2D eigenvalue weighted by atomic mass is 35.5. The Morgan fingerprint density at radius 1 is 1.36 bits per heavy atom. The van der Waals surface area contributed by atoms with Crippen LogP contribution >= 0.6 is 22.9 Å². The van der Waals surface area contributed by atoms with Crippen LogP contribution in [-0.2, 0) is 0 Å². The molecule has 1 aromatic heterocycles. The Balaban J connectivity index is 2.18. The highest BCUT2D eigenvalue weighted by Crippen LogP contribution is 2.33. The van der Waals surface area contributed by atoms with Gasteiger partial charge in [-0.25, -0.2) is 4.98 Å². The third-order valence-corrected chi connectivity index (χ3v) is 4.10. The third kappa shape index (κ3) is 3.77. The van der Waals surface area contributed by atoms with Crippen LogP contribution in [0.15, 0.2) is 34.6 Å². The highest BCUT2D eigenvalue weighted by Gasteiger charge is 2.11. The Kier molecular flexibility index (Phi) is 5.40. The van der Waals surface area contributed by atoms with Gasteiger partial charge in [-0.15, -0.1) is 10.2 Å². The number of aromatic nitrogens is 1. The average molecular weight is 340 g/mol. The lowest BCUT2D eigenvalue weighted by Gasteiger charge is -2.21. The fourth-order valence-corrected chi connectivity index (χ4v) is 2.61. The maximum atomic E-state index is 10.6. The van der Waals surface area contributed by atoms with Crippen LogP contribution in [0.2, 0.25) is 5.02 Å². The van der Waals surface area contributed by atoms with E-state index in [2.05, 4.69) is 34.0 Å². The monoisotopic (exact) mass is 339 g/mol. The van der Waals surface area contributed by atoms with Crippen molar-refractivity contribution in [1.29, 1.82) is 0 Å². The maximum Gasteiger partial charge on any atom is 0.345 e. The maximum absolute atomic E-state index is 10.6. The molecule has 9 heteroatoms. The van der Waals surface area contributed by atoms with Gasteiger partial charge in [0.25, 0.3) is 0 Å². The Hall–Kier alpha value is -2.06. The molecule has 1 aromatic carbocycles. The molecule has 0 saturated heterocycles. The topological polar surface area (TPSA) is 84.0 Å². The van der Waals surface area contributed by atoms with Crippen molar-refractivity contribution >= 4 is 44.4 Å². The van der Waals surface area contributed by atoms with Crippen molar-refractivity contribution in [3.05, 3.63) is 39.5 Å². The summed E-state index contributed by atoms with van der Waals surface area (Å²) in [6.07, 6.45) is 1.16. The lowest BCUT2D eigenvalue weighted by molar-refractivity contribution is -0.380. The Morgan fingerprint density at radius 3 is 2.64 bits per heavy atom. The molecular formula is C13H14ClN5O2S. The molecule has 0 aliphatic rings. The molecule has 0 aliphatic heterocycles. The summed E-state index contributed by atoms with van der Waals surface area (Å²) in [5.41, 5.74) is 1.51. The molecule has 0 fully saturated rings. The number of azo groups is 1. The molecule has 116 valence electrons. The fraction of sp³-hybridized carbons (Fsp3) is 0.308. The first-order valence-electron chi connectivity index (χ1n) is 6.61. The quantitative estimate of drug-likeness (QED) is 0.422. The third-order valence-electron chi connectivity index (χ3n) is 2.96. The predicted molar refractivity (Wildman–Crippen MR) is 88.0 cm³/mol. The molecule has 0 bridgehead atoms. The average Bonchev–Trinajstić information content (AvgIpc) is 2.97. The minimum Gasteiger partial charge on any atom is -0.372 e. The SMILES string of the molecule is CCN(CC)c1ccc(N=Nc2ncc([N+](=O)[O-])s2)c(Cl)c1. The summed E-state index contributed by atoms with van der Waals surface area (Å²) in [4.78, 5) is 16.1. The van der Waals surface area contributed by atoms with E-state index in [4.69, 9.17) is 11.6 Å². The second kappa shape index (κ2) is 7.28. The van der Waals surface area contributed by atoms with Crippen LogP contribution in [0.25, 0.3) is 0 Å². The largest absolute Gasteiger partial charge is 0.372 e. The van der Waals surface area contributed by atoms with E-state index in [9.17, 15) is 10.1 Å². The van der Waals surface area contributed by atoms with Gasteiger partial charge in [0.05, 0.1) is 9.95 Å². The number of nitrogens with zero attached hydrogens (tertiary/aromatic N) is 5. The van der Waals surface area contributed by atoms with Crippen LogP contribution in [0.5, 0.6) is 0 Å². The second-order valence-corrected chi connectivity index (χ2v) is 5.64. The van der Waals surface area contributed by atoms with Gasteiger partial charge in [0.1, 0.15) is 11.9 Å². The van der Waals surface area contributed by atoms with Crippen molar-refractivity contribution in [3.8, 4) is 0 Å². The van der Waals surface area contributed by atoms with Crippen molar-refractivity contribution in [2.75, 3.05) is 18.0 Å². The Morgan fingerprint density at radius 2 is 2.09 bits per heavy atom.